The molecule has 10 heteroatoms. The lowest BCUT2D eigenvalue weighted by molar-refractivity contribution is -0.339. The number of carboxylic acids is 1. The van der Waals surface area contributed by atoms with E-state index in [-0.39, 0.29) is 0 Å². The van der Waals surface area contributed by atoms with Gasteiger partial charge in [-0.1, -0.05) is 13.5 Å². The van der Waals surface area contributed by atoms with Crippen LogP contribution in [0.2, 0.25) is 0 Å². The Morgan fingerprint density at radius 2 is 1.35 bits per heavy atom. The van der Waals surface area contributed by atoms with E-state index >= 15 is 0 Å². The number of esters is 1. The van der Waals surface area contributed by atoms with Crippen molar-refractivity contribution in [1.29, 1.82) is 0 Å². The number of ether oxygens (including phenoxy) is 1. The Kier molecular flexibility index (Phi) is 5.59. The summed E-state index contributed by atoms with van der Waals surface area (Å²) in [6.07, 6.45) is -12.3. The molecule has 0 aliphatic rings. The van der Waals surface area contributed by atoms with Gasteiger partial charge in [0, 0.05) is 0 Å². The van der Waals surface area contributed by atoms with E-state index < -0.39 is 46.8 Å². The van der Waals surface area contributed by atoms with Crippen molar-refractivity contribution >= 4 is 11.9 Å². The quantitative estimate of drug-likeness (QED) is 0.477. The summed E-state index contributed by atoms with van der Waals surface area (Å²) in [4.78, 5) is 22.6. The second-order valence-electron chi connectivity index (χ2n) is 5.84. The maximum absolute atomic E-state index is 13.3. The van der Waals surface area contributed by atoms with Crippen molar-refractivity contribution in [3.8, 4) is 0 Å². The van der Waals surface area contributed by atoms with Crippen molar-refractivity contribution in [2.75, 3.05) is 0 Å². The number of halogens is 6. The van der Waals surface area contributed by atoms with E-state index in [1.54, 1.807) is 0 Å². The van der Waals surface area contributed by atoms with E-state index in [9.17, 15) is 35.9 Å². The molecule has 4 nitrogen and oxygen atoms in total. The number of carbonyl (C=O) groups is 2. The first kappa shape index (κ1) is 21.3. The minimum atomic E-state index is -6.13. The molecule has 0 amide bonds. The van der Waals surface area contributed by atoms with E-state index in [1.165, 1.54) is 20.8 Å². The van der Waals surface area contributed by atoms with Crippen LogP contribution in [0.3, 0.4) is 0 Å². The SMILES string of the molecule is C=C(C(=O)O)C(C(C)C(=O)OC(C)(C)C)(C(F)(F)F)C(F)(F)F. The topological polar surface area (TPSA) is 63.6 Å². The van der Waals surface area contributed by atoms with Gasteiger partial charge >= 0.3 is 24.3 Å². The first-order valence-electron chi connectivity index (χ1n) is 6.18. The maximum atomic E-state index is 13.3. The Morgan fingerprint density at radius 1 is 1.00 bits per heavy atom. The van der Waals surface area contributed by atoms with Crippen LogP contribution in [0.4, 0.5) is 26.3 Å². The van der Waals surface area contributed by atoms with Gasteiger partial charge in [0.15, 0.2) is 0 Å². The van der Waals surface area contributed by atoms with Gasteiger partial charge < -0.3 is 9.84 Å². The standard InChI is InChI=1S/C13H16F6O4/c1-6(8(20)21)11(12(14,15)16,13(17,18)19)7(2)9(22)23-10(3,4)5/h7H,1H2,2-5H3,(H,20,21). The molecule has 0 heterocycles. The highest BCUT2D eigenvalue weighted by atomic mass is 19.4. The second-order valence-corrected chi connectivity index (χ2v) is 5.84. The predicted octanol–water partition coefficient (Wildman–Crippen LogP) is 3.72. The zero-order chi connectivity index (χ0) is 19.0. The third-order valence-electron chi connectivity index (χ3n) is 3.04. The number of hydrogen-bond acceptors (Lipinski definition) is 3. The van der Waals surface area contributed by atoms with Gasteiger partial charge in [-0.15, -0.1) is 0 Å². The Balaban J connectivity index is 6.41. The summed E-state index contributed by atoms with van der Waals surface area (Å²) >= 11 is 0. The molecule has 0 rings (SSSR count). The summed E-state index contributed by atoms with van der Waals surface area (Å²) in [5.41, 5.74) is -8.52. The largest absolute Gasteiger partial charge is 0.478 e. The lowest BCUT2D eigenvalue weighted by Crippen LogP contribution is -2.59. The van der Waals surface area contributed by atoms with E-state index in [4.69, 9.17) is 5.11 Å². The molecule has 0 fully saturated rings. The molecule has 1 atom stereocenters. The third-order valence-corrected chi connectivity index (χ3v) is 3.04. The smallest absolute Gasteiger partial charge is 0.408 e. The molecule has 0 radical (unpaired) electrons. The molecule has 0 aliphatic heterocycles. The van der Waals surface area contributed by atoms with E-state index in [0.717, 1.165) is 0 Å². The lowest BCUT2D eigenvalue weighted by atomic mass is 9.69. The Hall–Kier alpha value is -1.74. The summed E-state index contributed by atoms with van der Waals surface area (Å²) in [6, 6.07) is 0. The molecule has 0 aromatic carbocycles. The molecule has 0 aromatic rings. The fourth-order valence-corrected chi connectivity index (χ4v) is 1.99. The van der Waals surface area contributed by atoms with Gasteiger partial charge in [-0.05, 0) is 20.8 Å². The van der Waals surface area contributed by atoms with Gasteiger partial charge in [-0.3, -0.25) is 4.79 Å². The van der Waals surface area contributed by atoms with Crippen LogP contribution < -0.4 is 0 Å². The van der Waals surface area contributed by atoms with E-state index in [2.05, 4.69) is 11.3 Å². The number of carbonyl (C=O) groups excluding carboxylic acids is 1. The summed E-state index contributed by atoms with van der Waals surface area (Å²) in [5.74, 6) is -7.25. The monoisotopic (exact) mass is 350 g/mol. The van der Waals surface area contributed by atoms with Crippen LogP contribution in [0, 0.1) is 11.3 Å². The van der Waals surface area contributed by atoms with Crippen molar-refractivity contribution < 1.29 is 45.8 Å². The summed E-state index contributed by atoms with van der Waals surface area (Å²) in [7, 11) is 0. The fraction of sp³-hybridized carbons (Fsp3) is 0.692. The highest BCUT2D eigenvalue weighted by Gasteiger charge is 2.77. The first-order chi connectivity index (χ1) is 9.89. The van der Waals surface area contributed by atoms with Gasteiger partial charge in [-0.25, -0.2) is 4.79 Å². The van der Waals surface area contributed by atoms with Crippen LogP contribution >= 0.6 is 0 Å². The summed E-state index contributed by atoms with van der Waals surface area (Å²) in [5, 5.41) is 8.66. The summed E-state index contributed by atoms with van der Waals surface area (Å²) in [6.45, 7) is 6.45. The molecule has 0 saturated carbocycles. The van der Waals surface area contributed by atoms with Crippen molar-refractivity contribution in [3.05, 3.63) is 12.2 Å². The van der Waals surface area contributed by atoms with Crippen molar-refractivity contribution in [1.82, 2.24) is 0 Å². The molecule has 23 heavy (non-hydrogen) atoms. The third kappa shape index (κ3) is 3.97. The number of alkyl halides is 6. The second kappa shape index (κ2) is 6.04. The molecule has 1 unspecified atom stereocenters. The lowest BCUT2D eigenvalue weighted by Gasteiger charge is -2.41. The molecule has 0 spiro atoms. The number of hydrogen-bond donors (Lipinski definition) is 1. The van der Waals surface area contributed by atoms with Gasteiger partial charge in [0.25, 0.3) is 0 Å². The van der Waals surface area contributed by atoms with E-state index in [1.807, 2.05) is 0 Å². The zero-order valence-corrected chi connectivity index (χ0v) is 12.7. The van der Waals surface area contributed by atoms with Crippen LogP contribution in [0.25, 0.3) is 0 Å². The maximum Gasteiger partial charge on any atom is 0.408 e. The van der Waals surface area contributed by atoms with Crippen molar-refractivity contribution in [3.63, 3.8) is 0 Å². The average molecular weight is 350 g/mol. The molecule has 0 aromatic heterocycles. The molecule has 1 N–H and O–H groups in total. The highest BCUT2D eigenvalue weighted by molar-refractivity contribution is 5.90. The molecular weight excluding hydrogens is 334 g/mol. The van der Waals surface area contributed by atoms with E-state index in [0.29, 0.717) is 6.92 Å². The van der Waals surface area contributed by atoms with Crippen molar-refractivity contribution in [2.24, 2.45) is 11.3 Å². The van der Waals surface area contributed by atoms with Crippen LogP contribution in [-0.4, -0.2) is 35.0 Å². The number of rotatable bonds is 4. The minimum Gasteiger partial charge on any atom is -0.478 e. The molecule has 0 bridgehead atoms. The normalized spacial score (nSPS) is 15.0. The molecule has 0 aliphatic carbocycles. The van der Waals surface area contributed by atoms with Crippen molar-refractivity contribution in [2.45, 2.75) is 45.6 Å². The van der Waals surface area contributed by atoms with Crippen LogP contribution in [0.5, 0.6) is 0 Å². The molecular formula is C13H16F6O4. The average Bonchev–Trinajstić information content (AvgIpc) is 2.22. The molecule has 0 saturated heterocycles. The molecule has 134 valence electrons. The van der Waals surface area contributed by atoms with Gasteiger partial charge in [0.2, 0.25) is 5.41 Å². The number of aliphatic carboxylic acids is 1. The van der Waals surface area contributed by atoms with Crippen LogP contribution in [0.15, 0.2) is 12.2 Å². The fourth-order valence-electron chi connectivity index (χ4n) is 1.99. The first-order valence-corrected chi connectivity index (χ1v) is 6.18. The van der Waals surface area contributed by atoms with Gasteiger partial charge in [-0.2, -0.15) is 26.3 Å². The van der Waals surface area contributed by atoms with Gasteiger partial charge in [0.1, 0.15) is 5.60 Å². The Labute approximate surface area is 128 Å². The Bertz CT molecular complexity index is 484. The number of carboxylic acid groups (broad SMARTS) is 1. The predicted molar refractivity (Wildman–Crippen MR) is 66.3 cm³/mol. The van der Waals surface area contributed by atoms with Gasteiger partial charge in [0.05, 0.1) is 11.5 Å². The summed E-state index contributed by atoms with van der Waals surface area (Å²) < 4.78 is 84.2. The zero-order valence-electron chi connectivity index (χ0n) is 12.7. The Morgan fingerprint density at radius 3 is 1.57 bits per heavy atom. The van der Waals surface area contributed by atoms with Crippen LogP contribution in [-0.2, 0) is 14.3 Å². The minimum absolute atomic E-state index is 0.309. The highest BCUT2D eigenvalue weighted by Crippen LogP contribution is 2.59. The van der Waals surface area contributed by atoms with Crippen LogP contribution in [0.1, 0.15) is 27.7 Å².